The number of imidazole rings is 1. The predicted octanol–water partition coefficient (Wildman–Crippen LogP) is 4.39. The first kappa shape index (κ1) is 17.2. The number of nitrogens with one attached hydrogen (secondary N) is 1. The topological polar surface area (TPSA) is 55.6 Å². The number of amides is 1. The molecule has 2 aromatic heterocycles. The van der Waals surface area contributed by atoms with Gasteiger partial charge in [0.05, 0.1) is 24.9 Å². The van der Waals surface area contributed by atoms with Crippen LogP contribution < -0.4 is 10.1 Å². The van der Waals surface area contributed by atoms with Gasteiger partial charge in [-0.2, -0.15) is 0 Å². The lowest BCUT2D eigenvalue weighted by atomic mass is 10.2. The summed E-state index contributed by atoms with van der Waals surface area (Å²) >= 11 is 1.46. The van der Waals surface area contributed by atoms with Crippen LogP contribution in [0.5, 0.6) is 5.75 Å². The molecular weight excluding hydrogens is 365 g/mol. The van der Waals surface area contributed by atoms with E-state index in [1.54, 1.807) is 19.2 Å². The summed E-state index contributed by atoms with van der Waals surface area (Å²) in [6, 6.07) is 13.8. The monoisotopic (exact) mass is 381 g/mol. The molecule has 0 radical (unpaired) electrons. The Bertz CT molecular complexity index is 1100. The Balaban J connectivity index is 1.55. The third-order valence-corrected chi connectivity index (χ3v) is 5.05. The van der Waals surface area contributed by atoms with E-state index in [4.69, 9.17) is 4.74 Å². The van der Waals surface area contributed by atoms with Crippen molar-refractivity contribution < 1.29 is 13.9 Å². The molecule has 4 rings (SSSR count). The zero-order valence-corrected chi connectivity index (χ0v) is 15.3. The van der Waals surface area contributed by atoms with E-state index >= 15 is 0 Å². The van der Waals surface area contributed by atoms with Crippen LogP contribution in [0.15, 0.2) is 60.1 Å². The molecule has 0 unspecified atom stereocenters. The Kier molecular flexibility index (Phi) is 4.60. The quantitative estimate of drug-likeness (QED) is 0.558. The van der Waals surface area contributed by atoms with E-state index in [2.05, 4.69) is 10.3 Å². The zero-order chi connectivity index (χ0) is 18.8. The van der Waals surface area contributed by atoms with Gasteiger partial charge in [-0.1, -0.05) is 12.1 Å². The molecule has 0 aliphatic heterocycles. The number of hydrogen-bond acceptors (Lipinski definition) is 4. The van der Waals surface area contributed by atoms with Gasteiger partial charge >= 0.3 is 0 Å². The van der Waals surface area contributed by atoms with E-state index in [0.29, 0.717) is 0 Å². The SMILES string of the molecule is COc1ccc(-c2cn3c(CC(=O)Nc4ccccc4F)csc3n2)cc1. The van der Waals surface area contributed by atoms with Crippen LogP contribution in [0.1, 0.15) is 5.69 Å². The minimum atomic E-state index is -0.453. The highest BCUT2D eigenvalue weighted by Gasteiger charge is 2.14. The molecule has 2 aromatic carbocycles. The lowest BCUT2D eigenvalue weighted by Crippen LogP contribution is -2.16. The van der Waals surface area contributed by atoms with Gasteiger partial charge in [-0.15, -0.1) is 11.3 Å². The van der Waals surface area contributed by atoms with Crippen molar-refractivity contribution in [2.24, 2.45) is 0 Å². The summed E-state index contributed by atoms with van der Waals surface area (Å²) in [5.41, 5.74) is 2.77. The first-order valence-corrected chi connectivity index (χ1v) is 9.16. The van der Waals surface area contributed by atoms with E-state index in [1.807, 2.05) is 40.2 Å². The van der Waals surface area contributed by atoms with Gasteiger partial charge in [0, 0.05) is 22.8 Å². The Morgan fingerprint density at radius 2 is 2.00 bits per heavy atom. The highest BCUT2D eigenvalue weighted by Crippen LogP contribution is 2.25. The summed E-state index contributed by atoms with van der Waals surface area (Å²) in [4.78, 5) is 17.7. The van der Waals surface area contributed by atoms with Crippen molar-refractivity contribution in [2.75, 3.05) is 12.4 Å². The summed E-state index contributed by atoms with van der Waals surface area (Å²) in [5, 5.41) is 4.50. The Morgan fingerprint density at radius 3 is 2.74 bits per heavy atom. The number of rotatable bonds is 5. The maximum atomic E-state index is 13.7. The molecule has 5 nitrogen and oxygen atoms in total. The molecule has 0 saturated carbocycles. The fourth-order valence-electron chi connectivity index (χ4n) is 2.78. The fourth-order valence-corrected chi connectivity index (χ4v) is 3.65. The molecule has 1 amide bonds. The van der Waals surface area contributed by atoms with Gasteiger partial charge in [0.2, 0.25) is 5.91 Å². The molecule has 7 heteroatoms. The standard InChI is InChI=1S/C20H16FN3O2S/c1-26-15-8-6-13(7-9-15)18-11-24-14(12-27-20(24)23-18)10-19(25)22-17-5-3-2-4-16(17)21/h2-9,11-12H,10H2,1H3,(H,22,25). The van der Waals surface area contributed by atoms with E-state index < -0.39 is 5.82 Å². The number of halogens is 1. The second-order valence-electron chi connectivity index (χ2n) is 5.94. The smallest absolute Gasteiger partial charge is 0.230 e. The maximum absolute atomic E-state index is 13.7. The summed E-state index contributed by atoms with van der Waals surface area (Å²) < 4.78 is 20.8. The molecule has 0 saturated heterocycles. The lowest BCUT2D eigenvalue weighted by Gasteiger charge is -2.05. The summed E-state index contributed by atoms with van der Waals surface area (Å²) in [6.07, 6.45) is 2.03. The van der Waals surface area contributed by atoms with Gasteiger partial charge < -0.3 is 10.1 Å². The number of fused-ring (bicyclic) bond motifs is 1. The van der Waals surface area contributed by atoms with E-state index in [-0.39, 0.29) is 18.0 Å². The van der Waals surface area contributed by atoms with Crippen LogP contribution in [0.25, 0.3) is 16.2 Å². The van der Waals surface area contributed by atoms with Crippen LogP contribution >= 0.6 is 11.3 Å². The second kappa shape index (κ2) is 7.20. The Hall–Kier alpha value is -3.19. The number of aromatic nitrogens is 2. The molecule has 0 aliphatic rings. The van der Waals surface area contributed by atoms with Crippen molar-refractivity contribution in [2.45, 2.75) is 6.42 Å². The molecule has 1 N–H and O–H groups in total. The van der Waals surface area contributed by atoms with E-state index in [1.165, 1.54) is 23.5 Å². The minimum Gasteiger partial charge on any atom is -0.497 e. The maximum Gasteiger partial charge on any atom is 0.230 e. The van der Waals surface area contributed by atoms with Crippen molar-refractivity contribution >= 4 is 27.9 Å². The number of nitrogens with zero attached hydrogens (tertiary/aromatic N) is 2. The van der Waals surface area contributed by atoms with Crippen molar-refractivity contribution in [3.05, 3.63) is 71.6 Å². The molecule has 27 heavy (non-hydrogen) atoms. The summed E-state index contributed by atoms with van der Waals surface area (Å²) in [6.45, 7) is 0. The predicted molar refractivity (Wildman–Crippen MR) is 104 cm³/mol. The highest BCUT2D eigenvalue weighted by molar-refractivity contribution is 7.15. The molecule has 0 fully saturated rings. The number of carbonyl (C=O) groups excluding carboxylic acids is 1. The van der Waals surface area contributed by atoms with Crippen LogP contribution in [0.2, 0.25) is 0 Å². The third kappa shape index (κ3) is 3.54. The van der Waals surface area contributed by atoms with Gasteiger partial charge in [-0.05, 0) is 36.4 Å². The van der Waals surface area contributed by atoms with Crippen molar-refractivity contribution in [1.82, 2.24) is 9.38 Å². The molecule has 4 aromatic rings. The molecule has 0 atom stereocenters. The van der Waals surface area contributed by atoms with Crippen LogP contribution in [-0.2, 0) is 11.2 Å². The average molecular weight is 381 g/mol. The van der Waals surface area contributed by atoms with Crippen LogP contribution in [0.4, 0.5) is 10.1 Å². The molecule has 2 heterocycles. The third-order valence-electron chi connectivity index (χ3n) is 4.16. The lowest BCUT2D eigenvalue weighted by molar-refractivity contribution is -0.115. The molecule has 136 valence electrons. The van der Waals surface area contributed by atoms with Gasteiger partial charge in [-0.25, -0.2) is 9.37 Å². The van der Waals surface area contributed by atoms with Crippen LogP contribution in [0.3, 0.4) is 0 Å². The number of thiazole rings is 1. The first-order chi connectivity index (χ1) is 13.1. The number of ether oxygens (including phenoxy) is 1. The largest absolute Gasteiger partial charge is 0.497 e. The normalized spacial score (nSPS) is 10.9. The number of para-hydroxylation sites is 1. The molecule has 0 bridgehead atoms. The van der Waals surface area contributed by atoms with Crippen molar-refractivity contribution in [1.29, 1.82) is 0 Å². The van der Waals surface area contributed by atoms with Crippen molar-refractivity contribution in [3.8, 4) is 17.0 Å². The van der Waals surface area contributed by atoms with Gasteiger partial charge in [0.15, 0.2) is 4.96 Å². The Morgan fingerprint density at radius 1 is 1.22 bits per heavy atom. The first-order valence-electron chi connectivity index (χ1n) is 8.28. The summed E-state index contributed by atoms with van der Waals surface area (Å²) in [5.74, 6) is 0.0514. The van der Waals surface area contributed by atoms with Crippen LogP contribution in [0, 0.1) is 5.82 Å². The molecular formula is C20H16FN3O2S. The zero-order valence-electron chi connectivity index (χ0n) is 14.5. The second-order valence-corrected chi connectivity index (χ2v) is 6.78. The van der Waals surface area contributed by atoms with Gasteiger partial charge in [-0.3, -0.25) is 9.20 Å². The van der Waals surface area contributed by atoms with Gasteiger partial charge in [0.1, 0.15) is 11.6 Å². The molecule has 0 aliphatic carbocycles. The number of anilines is 1. The molecule has 0 spiro atoms. The number of methoxy groups -OCH3 is 1. The van der Waals surface area contributed by atoms with Gasteiger partial charge in [0.25, 0.3) is 0 Å². The minimum absolute atomic E-state index is 0.132. The van der Waals surface area contributed by atoms with Crippen LogP contribution in [-0.4, -0.2) is 22.4 Å². The van der Waals surface area contributed by atoms with E-state index in [9.17, 15) is 9.18 Å². The van der Waals surface area contributed by atoms with Crippen molar-refractivity contribution in [3.63, 3.8) is 0 Å². The number of benzene rings is 2. The average Bonchev–Trinajstić information content (AvgIpc) is 3.26. The summed E-state index contributed by atoms with van der Waals surface area (Å²) in [7, 11) is 1.63. The number of hydrogen-bond donors (Lipinski definition) is 1. The highest BCUT2D eigenvalue weighted by atomic mass is 32.1. The fraction of sp³-hybridized carbons (Fsp3) is 0.100. The Labute approximate surface area is 159 Å². The van der Waals surface area contributed by atoms with E-state index in [0.717, 1.165) is 27.7 Å². The number of carbonyl (C=O) groups is 1.